The summed E-state index contributed by atoms with van der Waals surface area (Å²) in [6.45, 7) is 14.5. The molecule has 0 heterocycles. The van der Waals surface area contributed by atoms with Crippen LogP contribution < -0.4 is 0 Å². The first-order chi connectivity index (χ1) is 24.8. The molecule has 0 bridgehead atoms. The summed E-state index contributed by atoms with van der Waals surface area (Å²) in [5.74, 6) is 1.62. The number of allylic oxidation sites excluding steroid dienone is 4. The van der Waals surface area contributed by atoms with Gasteiger partial charge >= 0.3 is 318 Å². The van der Waals surface area contributed by atoms with E-state index < -0.39 is 18.3 Å². The molecule has 0 aromatic heterocycles. The van der Waals surface area contributed by atoms with Crippen LogP contribution in [0.25, 0.3) is 33.4 Å². The van der Waals surface area contributed by atoms with Crippen molar-refractivity contribution in [3.63, 3.8) is 0 Å². The Kier molecular flexibility index (Phi) is 9.34. The summed E-state index contributed by atoms with van der Waals surface area (Å²) < 4.78 is 9.71. The van der Waals surface area contributed by atoms with Crippen LogP contribution in [0.5, 0.6) is 0 Å². The Morgan fingerprint density at radius 3 is 1.29 bits per heavy atom. The molecule has 4 aromatic rings. The van der Waals surface area contributed by atoms with Crippen LogP contribution >= 0.6 is 0 Å². The van der Waals surface area contributed by atoms with E-state index in [0.717, 1.165) is 11.8 Å². The van der Waals surface area contributed by atoms with Crippen LogP contribution in [0.3, 0.4) is 0 Å². The van der Waals surface area contributed by atoms with Gasteiger partial charge in [-0.2, -0.15) is 0 Å². The predicted octanol–water partition coefficient (Wildman–Crippen LogP) is 14.9. The number of hydrogen-bond donors (Lipinski definition) is 0. The van der Waals surface area contributed by atoms with Gasteiger partial charge in [0.2, 0.25) is 0 Å². The van der Waals surface area contributed by atoms with E-state index in [-0.39, 0.29) is 10.8 Å². The van der Waals surface area contributed by atoms with Crippen LogP contribution in [-0.2, 0) is 29.1 Å². The molecule has 4 aromatic carbocycles. The zero-order valence-corrected chi connectivity index (χ0v) is 35.4. The topological polar surface area (TPSA) is 0 Å². The molecule has 52 heavy (non-hydrogen) atoms. The zero-order chi connectivity index (χ0) is 36.3. The van der Waals surface area contributed by atoms with Crippen LogP contribution in [0.2, 0.25) is 11.9 Å². The van der Waals surface area contributed by atoms with E-state index in [1.54, 1.807) is 11.1 Å². The monoisotopic (exact) mass is 764 g/mol. The third-order valence-electron chi connectivity index (χ3n) is 14.1. The van der Waals surface area contributed by atoms with E-state index in [1.165, 1.54) is 104 Å². The van der Waals surface area contributed by atoms with Gasteiger partial charge in [-0.25, -0.2) is 0 Å². The molecule has 0 radical (unpaired) electrons. The molecule has 0 amide bonds. The van der Waals surface area contributed by atoms with Crippen molar-refractivity contribution in [3.8, 4) is 33.4 Å². The van der Waals surface area contributed by atoms with E-state index in [2.05, 4.69) is 151 Å². The van der Waals surface area contributed by atoms with Gasteiger partial charge in [-0.3, -0.25) is 0 Å². The first-order valence-electron chi connectivity index (χ1n) is 20.7. The molecular weight excluding hydrogens is 704 g/mol. The molecule has 0 aliphatic heterocycles. The zero-order valence-electron chi connectivity index (χ0n) is 33.0. The van der Waals surface area contributed by atoms with E-state index in [0.29, 0.717) is 7.25 Å². The normalized spacial score (nSPS) is 18.8. The number of rotatable bonds is 8. The van der Waals surface area contributed by atoms with Gasteiger partial charge in [0.05, 0.1) is 0 Å². The summed E-state index contributed by atoms with van der Waals surface area (Å²) in [4.78, 5) is 0. The van der Waals surface area contributed by atoms with Gasteiger partial charge in [-0.1, -0.05) is 0 Å². The van der Waals surface area contributed by atoms with Crippen molar-refractivity contribution in [3.05, 3.63) is 131 Å². The van der Waals surface area contributed by atoms with Gasteiger partial charge in [-0.05, 0) is 0 Å². The van der Waals surface area contributed by atoms with Crippen molar-refractivity contribution >= 4 is 4.21 Å². The fraction of sp³-hybridized carbons (Fsp3) is 0.431. The van der Waals surface area contributed by atoms with Gasteiger partial charge in [0.1, 0.15) is 0 Å². The molecule has 8 rings (SSSR count). The molecule has 0 saturated heterocycles. The van der Waals surface area contributed by atoms with Crippen molar-refractivity contribution in [2.24, 2.45) is 11.8 Å². The number of fused-ring (bicyclic) bond motifs is 3. The first kappa shape index (κ1) is 36.1. The van der Waals surface area contributed by atoms with Crippen molar-refractivity contribution in [1.82, 2.24) is 0 Å². The van der Waals surface area contributed by atoms with Crippen molar-refractivity contribution < 1.29 is 18.3 Å². The van der Waals surface area contributed by atoms with E-state index >= 15 is 0 Å². The van der Waals surface area contributed by atoms with E-state index in [4.69, 9.17) is 4.21 Å². The minimum absolute atomic E-state index is 0.00239. The summed E-state index contributed by atoms with van der Waals surface area (Å²) in [6.07, 6.45) is 21.2. The second-order valence-corrected chi connectivity index (χ2v) is 35.4. The van der Waals surface area contributed by atoms with Gasteiger partial charge in [-0.15, -0.1) is 0 Å². The first-order valence-corrected chi connectivity index (χ1v) is 28.8. The summed E-state index contributed by atoms with van der Waals surface area (Å²) in [5, 5.41) is 0. The van der Waals surface area contributed by atoms with Crippen molar-refractivity contribution in [1.29, 1.82) is 0 Å². The van der Waals surface area contributed by atoms with E-state index in [1.807, 2.05) is 0 Å². The molecule has 0 spiro atoms. The Labute approximate surface area is 316 Å². The molecule has 270 valence electrons. The van der Waals surface area contributed by atoms with Crippen molar-refractivity contribution in [2.75, 3.05) is 0 Å². The maximum atomic E-state index is 6.04. The summed E-state index contributed by atoms with van der Waals surface area (Å²) in [7, 11) is 0. The molecular formula is C51H62Zr. The molecule has 2 saturated carbocycles. The maximum absolute atomic E-state index is 6.04. The summed E-state index contributed by atoms with van der Waals surface area (Å²) in [5.41, 5.74) is 14.7. The van der Waals surface area contributed by atoms with Gasteiger partial charge in [0, 0.05) is 0 Å². The fourth-order valence-corrected chi connectivity index (χ4v) is 33.3. The van der Waals surface area contributed by atoms with Crippen LogP contribution in [0, 0.1) is 11.8 Å². The second-order valence-electron chi connectivity index (χ2n) is 19.8. The van der Waals surface area contributed by atoms with Gasteiger partial charge in [0.15, 0.2) is 0 Å². The van der Waals surface area contributed by atoms with Crippen LogP contribution in [0.15, 0.2) is 109 Å². The van der Waals surface area contributed by atoms with E-state index in [9.17, 15) is 0 Å². The average Bonchev–Trinajstić information content (AvgIpc) is 3.96. The Balaban J connectivity index is 1.50. The predicted molar refractivity (Wildman–Crippen MR) is 225 cm³/mol. The van der Waals surface area contributed by atoms with Gasteiger partial charge in [0.25, 0.3) is 0 Å². The van der Waals surface area contributed by atoms with Gasteiger partial charge < -0.3 is 0 Å². The Hall–Kier alpha value is -2.89. The third kappa shape index (κ3) is 6.30. The SMILES string of the molecule is [CH2]=[Zr]([CH2]C1CCCC1)([CH2]C1CCCC1)([CH]1C=CC=C1)[CH]1c2cc(-c3ccccc3)c(C(C)(C)C)cc2-c2cc(C(C)(C)C)c(-c3ccccc3)cc21. The summed E-state index contributed by atoms with van der Waals surface area (Å²) >= 11 is -4.25. The third-order valence-corrected chi connectivity index (χ3v) is 32.8. The molecule has 0 nitrogen and oxygen atoms in total. The molecule has 1 heteroatoms. The average molecular weight is 766 g/mol. The standard InChI is InChI=1S/C33H33.2C6H11.C5H5.CH2.Zr/c1-32(2,3)30-20-26-24(18-28(30)22-13-9-7-10-14-22)17-25-19-29(23-15-11-8-12-16-23)31(21-27(25)26)33(4,5)6;2*1-6-4-2-3-5-6;1-2-4-5-3-1;;/h7-21H,1-6H3;2*6H,1-5H2;1-5H;1H2;. The minimum atomic E-state index is -4.25. The fourth-order valence-electron chi connectivity index (χ4n) is 11.8. The Bertz CT molecular complexity index is 1920. The summed E-state index contributed by atoms with van der Waals surface area (Å²) in [6, 6.07) is 33.4. The van der Waals surface area contributed by atoms with Crippen LogP contribution in [0.4, 0.5) is 0 Å². The second kappa shape index (κ2) is 13.4. The van der Waals surface area contributed by atoms with Crippen LogP contribution in [0.1, 0.15) is 119 Å². The molecule has 4 aliphatic rings. The van der Waals surface area contributed by atoms with Crippen molar-refractivity contribution in [2.45, 2.75) is 119 Å². The number of benzene rings is 4. The molecule has 0 N–H and O–H groups in total. The molecule has 0 unspecified atom stereocenters. The Morgan fingerprint density at radius 1 is 0.538 bits per heavy atom. The van der Waals surface area contributed by atoms with Crippen LogP contribution in [-0.4, -0.2) is 4.21 Å². The Morgan fingerprint density at radius 2 is 0.923 bits per heavy atom. The number of hydrogen-bond acceptors (Lipinski definition) is 0. The molecule has 2 fully saturated rings. The quantitative estimate of drug-likeness (QED) is 0.168. The molecule has 4 aliphatic carbocycles. The molecule has 0 atom stereocenters.